The van der Waals surface area contributed by atoms with Crippen molar-refractivity contribution in [2.24, 2.45) is 5.92 Å². The van der Waals surface area contributed by atoms with Crippen LogP contribution in [0.15, 0.2) is 18.2 Å². The fraction of sp³-hybridized carbons (Fsp3) is 0.533. The van der Waals surface area contributed by atoms with E-state index in [9.17, 15) is 9.90 Å². The van der Waals surface area contributed by atoms with Crippen molar-refractivity contribution >= 4 is 17.3 Å². The van der Waals surface area contributed by atoms with Crippen molar-refractivity contribution in [1.82, 2.24) is 0 Å². The zero-order valence-corrected chi connectivity index (χ0v) is 11.0. The second kappa shape index (κ2) is 4.76. The van der Waals surface area contributed by atoms with Gasteiger partial charge in [0.1, 0.15) is 0 Å². The molecule has 1 aliphatic carbocycles. The van der Waals surface area contributed by atoms with Crippen LogP contribution in [0.3, 0.4) is 0 Å². The Balaban J connectivity index is 2.00. The maximum Gasteiger partial charge on any atom is 0.337 e. The van der Waals surface area contributed by atoms with Gasteiger partial charge in [-0.1, -0.05) is 18.9 Å². The Hall–Kier alpha value is -1.71. The normalized spacial score (nSPS) is 26.2. The summed E-state index contributed by atoms with van der Waals surface area (Å²) in [6, 6.07) is 5.66. The summed E-state index contributed by atoms with van der Waals surface area (Å²) in [5.74, 6) is -0.170. The van der Waals surface area contributed by atoms with E-state index in [0.29, 0.717) is 17.3 Å². The largest absolute Gasteiger partial charge is 0.478 e. The number of para-hydroxylation sites is 1. The van der Waals surface area contributed by atoms with Gasteiger partial charge in [-0.05, 0) is 37.3 Å². The first-order valence-corrected chi connectivity index (χ1v) is 7.07. The quantitative estimate of drug-likeness (QED) is 0.802. The molecule has 19 heavy (non-hydrogen) atoms. The molecular formula is C15H20N2O2. The number of carboxylic acids is 1. The summed E-state index contributed by atoms with van der Waals surface area (Å²) in [7, 11) is 0. The van der Waals surface area contributed by atoms with Crippen LogP contribution in [0, 0.1) is 5.92 Å². The molecule has 3 N–H and O–H groups in total. The molecule has 1 heterocycles. The van der Waals surface area contributed by atoms with Crippen LogP contribution >= 0.6 is 0 Å². The van der Waals surface area contributed by atoms with Crippen LogP contribution in [-0.4, -0.2) is 23.7 Å². The first-order valence-electron chi connectivity index (χ1n) is 7.07. The number of benzene rings is 1. The smallest absolute Gasteiger partial charge is 0.337 e. The van der Waals surface area contributed by atoms with Gasteiger partial charge in [0, 0.05) is 12.6 Å². The number of anilines is 2. The number of nitrogen functional groups attached to an aromatic ring is 1. The number of carbonyl (C=O) groups is 1. The molecule has 4 nitrogen and oxygen atoms in total. The standard InChI is InChI=1S/C15H20N2O2/c16-12-6-3-5-11(15(18)19)14(12)17-9-8-10-4-1-2-7-13(10)17/h3,5-6,10,13H,1-2,4,7-9,16H2,(H,18,19). The Bertz CT molecular complexity index is 501. The highest BCUT2D eigenvalue weighted by atomic mass is 16.4. The van der Waals surface area contributed by atoms with Crippen LogP contribution in [0.2, 0.25) is 0 Å². The first-order chi connectivity index (χ1) is 9.18. The number of nitrogens with zero attached hydrogens (tertiary/aromatic N) is 1. The van der Waals surface area contributed by atoms with Crippen LogP contribution in [-0.2, 0) is 0 Å². The fourth-order valence-corrected chi connectivity index (χ4v) is 3.74. The molecule has 1 aromatic rings. The van der Waals surface area contributed by atoms with Crippen molar-refractivity contribution in [1.29, 1.82) is 0 Å². The Morgan fingerprint density at radius 3 is 2.84 bits per heavy atom. The van der Waals surface area contributed by atoms with E-state index in [1.165, 1.54) is 19.3 Å². The third-order valence-corrected chi connectivity index (χ3v) is 4.59. The molecule has 0 spiro atoms. The molecule has 0 amide bonds. The van der Waals surface area contributed by atoms with Crippen LogP contribution < -0.4 is 10.6 Å². The number of nitrogens with two attached hydrogens (primary N) is 1. The number of hydrogen-bond acceptors (Lipinski definition) is 3. The molecule has 0 radical (unpaired) electrons. The minimum atomic E-state index is -0.887. The number of hydrogen-bond donors (Lipinski definition) is 2. The minimum Gasteiger partial charge on any atom is -0.478 e. The van der Waals surface area contributed by atoms with E-state index in [-0.39, 0.29) is 0 Å². The summed E-state index contributed by atoms with van der Waals surface area (Å²) in [5.41, 5.74) is 7.72. The number of carboxylic acid groups (broad SMARTS) is 1. The van der Waals surface area contributed by atoms with Gasteiger partial charge in [-0.3, -0.25) is 0 Å². The Morgan fingerprint density at radius 1 is 1.26 bits per heavy atom. The van der Waals surface area contributed by atoms with Crippen molar-refractivity contribution in [3.8, 4) is 0 Å². The molecule has 0 bridgehead atoms. The van der Waals surface area contributed by atoms with Crippen LogP contribution in [0.5, 0.6) is 0 Å². The lowest BCUT2D eigenvalue weighted by atomic mass is 9.85. The fourth-order valence-electron chi connectivity index (χ4n) is 3.74. The summed E-state index contributed by atoms with van der Waals surface area (Å²) in [6.07, 6.45) is 6.16. The zero-order valence-electron chi connectivity index (χ0n) is 11.0. The van der Waals surface area contributed by atoms with E-state index >= 15 is 0 Å². The van der Waals surface area contributed by atoms with Gasteiger partial charge in [0.15, 0.2) is 0 Å². The second-order valence-corrected chi connectivity index (χ2v) is 5.64. The minimum absolute atomic E-state index is 0.339. The van der Waals surface area contributed by atoms with Crippen LogP contribution in [0.1, 0.15) is 42.5 Å². The molecular weight excluding hydrogens is 240 g/mol. The van der Waals surface area contributed by atoms with Crippen molar-refractivity contribution in [3.05, 3.63) is 23.8 Å². The van der Waals surface area contributed by atoms with Gasteiger partial charge in [0.25, 0.3) is 0 Å². The molecule has 1 saturated heterocycles. The summed E-state index contributed by atoms with van der Waals surface area (Å²) in [5, 5.41) is 9.36. The molecule has 2 aliphatic rings. The highest BCUT2D eigenvalue weighted by Gasteiger charge is 2.37. The first kappa shape index (κ1) is 12.3. The lowest BCUT2D eigenvalue weighted by Crippen LogP contribution is -2.36. The average molecular weight is 260 g/mol. The molecule has 1 aromatic carbocycles. The summed E-state index contributed by atoms with van der Waals surface area (Å²) >= 11 is 0. The summed E-state index contributed by atoms with van der Waals surface area (Å²) in [6.45, 7) is 0.934. The summed E-state index contributed by atoms with van der Waals surface area (Å²) in [4.78, 5) is 13.7. The maximum absolute atomic E-state index is 11.4. The predicted molar refractivity (Wildman–Crippen MR) is 75.5 cm³/mol. The van der Waals surface area contributed by atoms with Crippen LogP contribution in [0.25, 0.3) is 0 Å². The van der Waals surface area contributed by atoms with E-state index in [1.54, 1.807) is 18.2 Å². The Morgan fingerprint density at radius 2 is 2.05 bits per heavy atom. The Labute approximate surface area is 113 Å². The lowest BCUT2D eigenvalue weighted by Gasteiger charge is -2.34. The Kier molecular flexibility index (Phi) is 3.09. The molecule has 2 fully saturated rings. The summed E-state index contributed by atoms with van der Waals surface area (Å²) < 4.78 is 0. The van der Waals surface area contributed by atoms with Crippen molar-refractivity contribution in [2.45, 2.75) is 38.1 Å². The number of rotatable bonds is 2. The van der Waals surface area contributed by atoms with Gasteiger partial charge in [-0.25, -0.2) is 4.79 Å². The predicted octanol–water partition coefficient (Wildman–Crippen LogP) is 2.74. The molecule has 2 atom stereocenters. The van der Waals surface area contributed by atoms with E-state index in [4.69, 9.17) is 5.73 Å². The van der Waals surface area contributed by atoms with E-state index < -0.39 is 5.97 Å². The third kappa shape index (κ3) is 2.05. The maximum atomic E-state index is 11.4. The highest BCUT2D eigenvalue weighted by molar-refractivity contribution is 5.98. The lowest BCUT2D eigenvalue weighted by molar-refractivity contribution is 0.0697. The third-order valence-electron chi connectivity index (χ3n) is 4.59. The van der Waals surface area contributed by atoms with E-state index in [2.05, 4.69) is 4.90 Å². The molecule has 1 saturated carbocycles. The van der Waals surface area contributed by atoms with Crippen molar-refractivity contribution < 1.29 is 9.90 Å². The molecule has 0 aromatic heterocycles. The van der Waals surface area contributed by atoms with Crippen molar-refractivity contribution in [2.75, 3.05) is 17.2 Å². The van der Waals surface area contributed by atoms with Gasteiger partial charge in [0.05, 0.1) is 16.9 Å². The highest BCUT2D eigenvalue weighted by Crippen LogP contribution is 2.41. The van der Waals surface area contributed by atoms with Gasteiger partial charge in [-0.15, -0.1) is 0 Å². The van der Waals surface area contributed by atoms with Gasteiger partial charge < -0.3 is 15.7 Å². The molecule has 2 unspecified atom stereocenters. The van der Waals surface area contributed by atoms with Crippen molar-refractivity contribution in [3.63, 3.8) is 0 Å². The molecule has 4 heteroatoms. The van der Waals surface area contributed by atoms with Gasteiger partial charge in [0.2, 0.25) is 0 Å². The van der Waals surface area contributed by atoms with Gasteiger partial charge in [-0.2, -0.15) is 0 Å². The topological polar surface area (TPSA) is 66.6 Å². The zero-order chi connectivity index (χ0) is 13.4. The molecule has 3 rings (SSSR count). The monoisotopic (exact) mass is 260 g/mol. The number of fused-ring (bicyclic) bond motifs is 1. The van der Waals surface area contributed by atoms with E-state index in [1.807, 2.05) is 0 Å². The number of aromatic carboxylic acids is 1. The second-order valence-electron chi connectivity index (χ2n) is 5.64. The van der Waals surface area contributed by atoms with Crippen LogP contribution in [0.4, 0.5) is 11.4 Å². The molecule has 1 aliphatic heterocycles. The SMILES string of the molecule is Nc1cccc(C(=O)O)c1N1CCC2CCCCC21. The average Bonchev–Trinajstić information content (AvgIpc) is 2.82. The van der Waals surface area contributed by atoms with E-state index in [0.717, 1.165) is 31.0 Å². The van der Waals surface area contributed by atoms with Gasteiger partial charge >= 0.3 is 5.97 Å². The molecule has 102 valence electrons.